The molecule has 4 heteroatoms. The van der Waals surface area contributed by atoms with E-state index >= 15 is 0 Å². The molecule has 0 saturated heterocycles. The van der Waals surface area contributed by atoms with Gasteiger partial charge in [-0.2, -0.15) is 0 Å². The molecule has 0 fully saturated rings. The lowest BCUT2D eigenvalue weighted by atomic mass is 9.81. The fourth-order valence-corrected chi connectivity index (χ4v) is 1.91. The second-order valence-electron chi connectivity index (χ2n) is 3.92. The molecule has 1 atom stereocenters. The maximum atomic E-state index is 11.6. The first-order chi connectivity index (χ1) is 8.07. The Kier molecular flexibility index (Phi) is 2.81. The number of hydrogen-bond acceptors (Lipinski definition) is 4. The molecule has 0 heterocycles. The molecule has 1 aliphatic rings. The number of esters is 1. The molecule has 1 aromatic rings. The number of hydrogen-bond donors (Lipinski definition) is 1. The van der Waals surface area contributed by atoms with Crippen LogP contribution in [0.3, 0.4) is 0 Å². The van der Waals surface area contributed by atoms with Gasteiger partial charge in [0.2, 0.25) is 0 Å². The van der Waals surface area contributed by atoms with Crippen LogP contribution in [-0.2, 0) is 15.1 Å². The number of carbonyl (C=O) groups is 2. The zero-order chi connectivity index (χ0) is 12.5. The number of aliphatic hydroxyl groups is 1. The second kappa shape index (κ2) is 4.14. The van der Waals surface area contributed by atoms with E-state index in [1.165, 1.54) is 19.3 Å². The van der Waals surface area contributed by atoms with Gasteiger partial charge in [-0.05, 0) is 17.7 Å². The number of benzene rings is 1. The Balaban J connectivity index is 2.46. The Morgan fingerprint density at radius 1 is 1.41 bits per heavy atom. The summed E-state index contributed by atoms with van der Waals surface area (Å²) in [6, 6.07) is 6.70. The van der Waals surface area contributed by atoms with Crippen molar-refractivity contribution in [1.29, 1.82) is 0 Å². The van der Waals surface area contributed by atoms with Gasteiger partial charge in [0.05, 0.1) is 13.5 Å². The number of rotatable bonds is 2. The lowest BCUT2D eigenvalue weighted by Crippen LogP contribution is -2.32. The smallest absolute Gasteiger partial charge is 0.309 e. The van der Waals surface area contributed by atoms with E-state index in [1.807, 2.05) is 0 Å². The zero-order valence-corrected chi connectivity index (χ0v) is 9.34. The Labute approximate surface area is 98.5 Å². The molecule has 0 aliphatic heterocycles. The van der Waals surface area contributed by atoms with Gasteiger partial charge in [-0.3, -0.25) is 9.59 Å². The summed E-state index contributed by atoms with van der Waals surface area (Å²) in [5.41, 5.74) is -0.600. The summed E-state index contributed by atoms with van der Waals surface area (Å²) in [7, 11) is 1.26. The van der Waals surface area contributed by atoms with Gasteiger partial charge in [0.1, 0.15) is 5.60 Å². The van der Waals surface area contributed by atoms with E-state index < -0.39 is 11.6 Å². The molecule has 1 aromatic carbocycles. The van der Waals surface area contributed by atoms with Crippen LogP contribution in [0.2, 0.25) is 0 Å². The summed E-state index contributed by atoms with van der Waals surface area (Å²) in [5, 5.41) is 10.4. The molecule has 4 nitrogen and oxygen atoms in total. The molecule has 1 N–H and O–H groups in total. The second-order valence-corrected chi connectivity index (χ2v) is 3.92. The largest absolute Gasteiger partial charge is 0.469 e. The normalized spacial score (nSPS) is 22.1. The maximum Gasteiger partial charge on any atom is 0.309 e. The predicted molar refractivity (Wildman–Crippen MR) is 60.4 cm³/mol. The maximum absolute atomic E-state index is 11.6. The van der Waals surface area contributed by atoms with Gasteiger partial charge in [-0.25, -0.2) is 0 Å². The molecule has 0 spiro atoms. The monoisotopic (exact) mass is 232 g/mol. The summed E-state index contributed by atoms with van der Waals surface area (Å²) in [6.45, 7) is 0. The van der Waals surface area contributed by atoms with Crippen LogP contribution in [0.5, 0.6) is 0 Å². The summed E-state index contributed by atoms with van der Waals surface area (Å²) >= 11 is 0. The quantitative estimate of drug-likeness (QED) is 0.778. The topological polar surface area (TPSA) is 63.6 Å². The van der Waals surface area contributed by atoms with Crippen molar-refractivity contribution >= 4 is 11.8 Å². The number of carbonyl (C=O) groups excluding carboxylic acids is 2. The summed E-state index contributed by atoms with van der Waals surface area (Å²) < 4.78 is 4.54. The van der Waals surface area contributed by atoms with Gasteiger partial charge >= 0.3 is 5.97 Å². The lowest BCUT2D eigenvalue weighted by Gasteiger charge is -2.28. The Morgan fingerprint density at radius 2 is 2.12 bits per heavy atom. The van der Waals surface area contributed by atoms with Crippen molar-refractivity contribution in [2.24, 2.45) is 0 Å². The Hall–Kier alpha value is -1.94. The predicted octanol–water partition coefficient (Wildman–Crippen LogP) is 1.19. The van der Waals surface area contributed by atoms with Crippen LogP contribution in [0.15, 0.2) is 36.4 Å². The highest BCUT2D eigenvalue weighted by Crippen LogP contribution is 2.33. The summed E-state index contributed by atoms with van der Waals surface area (Å²) in [5.74, 6) is -0.698. The molecular formula is C13H12O4. The van der Waals surface area contributed by atoms with E-state index in [1.54, 1.807) is 24.3 Å². The number of ketones is 1. The highest BCUT2D eigenvalue weighted by atomic mass is 16.5. The minimum absolute atomic E-state index is 0.171. The highest BCUT2D eigenvalue weighted by molar-refractivity contribution is 6.07. The van der Waals surface area contributed by atoms with Crippen molar-refractivity contribution < 1.29 is 19.4 Å². The number of ether oxygens (including phenoxy) is 1. The molecular weight excluding hydrogens is 220 g/mol. The van der Waals surface area contributed by atoms with Gasteiger partial charge in [0.15, 0.2) is 5.78 Å². The minimum Gasteiger partial charge on any atom is -0.469 e. The van der Waals surface area contributed by atoms with E-state index in [-0.39, 0.29) is 12.2 Å². The molecule has 0 saturated carbocycles. The molecule has 88 valence electrons. The third kappa shape index (κ3) is 1.99. The molecule has 0 amide bonds. The first-order valence-electron chi connectivity index (χ1n) is 5.19. The van der Waals surface area contributed by atoms with E-state index in [4.69, 9.17) is 0 Å². The van der Waals surface area contributed by atoms with Crippen LogP contribution in [-0.4, -0.2) is 24.0 Å². The van der Waals surface area contributed by atoms with Crippen LogP contribution in [0.25, 0.3) is 0 Å². The average molecular weight is 232 g/mol. The summed E-state index contributed by atoms with van der Waals surface area (Å²) in [4.78, 5) is 22.9. The third-order valence-corrected chi connectivity index (χ3v) is 2.81. The number of allylic oxidation sites excluding steroid dienone is 1. The van der Waals surface area contributed by atoms with Gasteiger partial charge < -0.3 is 9.84 Å². The van der Waals surface area contributed by atoms with Gasteiger partial charge in [-0.1, -0.05) is 24.3 Å². The fraction of sp³-hybridized carbons (Fsp3) is 0.231. The van der Waals surface area contributed by atoms with Crippen molar-refractivity contribution in [2.45, 2.75) is 12.0 Å². The van der Waals surface area contributed by atoms with Crippen molar-refractivity contribution in [3.8, 4) is 0 Å². The standard InChI is InChI=1S/C13H12O4/c1-17-12(15)8-13(16)7-6-11(14)9-4-2-3-5-10(9)13/h2-7,16H,8H2,1H3/t13-/m0/s1. The van der Waals surface area contributed by atoms with Crippen LogP contribution in [0, 0.1) is 0 Å². The Bertz CT molecular complexity index is 504. The van der Waals surface area contributed by atoms with Crippen LogP contribution in [0.4, 0.5) is 0 Å². The van der Waals surface area contributed by atoms with Gasteiger partial charge in [0.25, 0.3) is 0 Å². The molecule has 0 aromatic heterocycles. The van der Waals surface area contributed by atoms with Gasteiger partial charge in [0, 0.05) is 5.56 Å². The number of fused-ring (bicyclic) bond motifs is 1. The van der Waals surface area contributed by atoms with Crippen LogP contribution < -0.4 is 0 Å². The number of methoxy groups -OCH3 is 1. The van der Waals surface area contributed by atoms with E-state index in [2.05, 4.69) is 4.74 Å². The van der Waals surface area contributed by atoms with E-state index in [0.717, 1.165) is 0 Å². The van der Waals surface area contributed by atoms with E-state index in [0.29, 0.717) is 11.1 Å². The fourth-order valence-electron chi connectivity index (χ4n) is 1.91. The van der Waals surface area contributed by atoms with Crippen molar-refractivity contribution in [3.05, 3.63) is 47.5 Å². The summed E-state index contributed by atoms with van der Waals surface area (Å²) in [6.07, 6.45) is 2.42. The van der Waals surface area contributed by atoms with Crippen LogP contribution in [0.1, 0.15) is 22.3 Å². The molecule has 2 rings (SSSR count). The van der Waals surface area contributed by atoms with Crippen molar-refractivity contribution in [3.63, 3.8) is 0 Å². The molecule has 17 heavy (non-hydrogen) atoms. The average Bonchev–Trinajstić information content (AvgIpc) is 2.35. The molecule has 0 bridgehead atoms. The van der Waals surface area contributed by atoms with Crippen molar-refractivity contribution in [2.75, 3.05) is 7.11 Å². The minimum atomic E-state index is -1.46. The SMILES string of the molecule is COC(=O)C[C@@]1(O)C=CC(=O)c2ccccc21. The van der Waals surface area contributed by atoms with Crippen LogP contribution >= 0.6 is 0 Å². The zero-order valence-electron chi connectivity index (χ0n) is 9.34. The molecule has 0 radical (unpaired) electrons. The Morgan fingerprint density at radius 3 is 2.82 bits per heavy atom. The molecule has 1 aliphatic carbocycles. The molecule has 0 unspecified atom stereocenters. The van der Waals surface area contributed by atoms with E-state index in [9.17, 15) is 14.7 Å². The highest BCUT2D eigenvalue weighted by Gasteiger charge is 2.35. The van der Waals surface area contributed by atoms with Crippen molar-refractivity contribution in [1.82, 2.24) is 0 Å². The lowest BCUT2D eigenvalue weighted by molar-refractivity contribution is -0.144. The first-order valence-corrected chi connectivity index (χ1v) is 5.19. The van der Waals surface area contributed by atoms with Gasteiger partial charge in [-0.15, -0.1) is 0 Å². The third-order valence-electron chi connectivity index (χ3n) is 2.81. The first kappa shape index (κ1) is 11.5.